The summed E-state index contributed by atoms with van der Waals surface area (Å²) in [6.45, 7) is 1.97. The SMILES string of the molecule is CN(CCCCl)CCc1ccc2[nH]c(=O)oc2c1. The molecule has 0 unspecified atom stereocenters. The van der Waals surface area contributed by atoms with Crippen molar-refractivity contribution >= 4 is 22.7 Å². The number of alkyl halides is 1. The molecular weight excluding hydrogens is 252 g/mol. The molecule has 1 heterocycles. The van der Waals surface area contributed by atoms with Crippen molar-refractivity contribution in [2.24, 2.45) is 0 Å². The summed E-state index contributed by atoms with van der Waals surface area (Å²) in [5, 5.41) is 0. The molecule has 0 aliphatic rings. The van der Waals surface area contributed by atoms with Gasteiger partial charge in [0.2, 0.25) is 0 Å². The molecule has 0 aliphatic carbocycles. The number of rotatable bonds is 6. The van der Waals surface area contributed by atoms with Crippen molar-refractivity contribution in [3.05, 3.63) is 34.3 Å². The molecule has 1 aromatic heterocycles. The number of likely N-dealkylation sites (N-methyl/N-ethyl adjacent to an activating group) is 1. The van der Waals surface area contributed by atoms with Crippen molar-refractivity contribution in [2.45, 2.75) is 12.8 Å². The van der Waals surface area contributed by atoms with Gasteiger partial charge >= 0.3 is 5.76 Å². The monoisotopic (exact) mass is 268 g/mol. The van der Waals surface area contributed by atoms with E-state index in [0.717, 1.165) is 31.4 Å². The minimum absolute atomic E-state index is 0.401. The molecule has 0 amide bonds. The van der Waals surface area contributed by atoms with E-state index in [1.54, 1.807) is 0 Å². The Hall–Kier alpha value is -1.26. The van der Waals surface area contributed by atoms with Crippen LogP contribution in [0.5, 0.6) is 0 Å². The minimum atomic E-state index is -0.401. The molecule has 4 nitrogen and oxygen atoms in total. The fourth-order valence-electron chi connectivity index (χ4n) is 1.91. The van der Waals surface area contributed by atoms with Crippen LogP contribution in [-0.4, -0.2) is 35.9 Å². The summed E-state index contributed by atoms with van der Waals surface area (Å²) in [5.41, 5.74) is 2.54. The van der Waals surface area contributed by atoms with Gasteiger partial charge < -0.3 is 9.32 Å². The quantitative estimate of drug-likeness (QED) is 0.818. The van der Waals surface area contributed by atoms with Gasteiger partial charge in [-0.2, -0.15) is 0 Å². The van der Waals surface area contributed by atoms with E-state index >= 15 is 0 Å². The van der Waals surface area contributed by atoms with Crippen LogP contribution in [0.1, 0.15) is 12.0 Å². The number of H-pyrrole nitrogens is 1. The number of hydrogen-bond acceptors (Lipinski definition) is 3. The Morgan fingerprint density at radius 1 is 1.39 bits per heavy atom. The number of fused-ring (bicyclic) bond motifs is 1. The second kappa shape index (κ2) is 6.07. The third-order valence-corrected chi connectivity index (χ3v) is 3.21. The second-order valence-corrected chi connectivity index (χ2v) is 4.82. The van der Waals surface area contributed by atoms with Crippen LogP contribution < -0.4 is 5.76 Å². The highest BCUT2D eigenvalue weighted by Crippen LogP contribution is 2.13. The number of nitrogens with one attached hydrogen (secondary N) is 1. The summed E-state index contributed by atoms with van der Waals surface area (Å²) in [6, 6.07) is 5.82. The summed E-state index contributed by atoms with van der Waals surface area (Å²) in [7, 11) is 2.08. The van der Waals surface area contributed by atoms with E-state index in [1.807, 2.05) is 18.2 Å². The molecule has 1 aromatic carbocycles. The highest BCUT2D eigenvalue weighted by Gasteiger charge is 2.03. The van der Waals surface area contributed by atoms with Gasteiger partial charge in [-0.05, 0) is 44.1 Å². The van der Waals surface area contributed by atoms with Crippen LogP contribution in [0.3, 0.4) is 0 Å². The van der Waals surface area contributed by atoms with Crippen LogP contribution >= 0.6 is 11.6 Å². The first-order valence-electron chi connectivity index (χ1n) is 6.05. The van der Waals surface area contributed by atoms with Crippen LogP contribution in [0.15, 0.2) is 27.4 Å². The van der Waals surface area contributed by atoms with Crippen LogP contribution in [0.4, 0.5) is 0 Å². The maximum atomic E-state index is 11.0. The highest BCUT2D eigenvalue weighted by molar-refractivity contribution is 6.17. The average molecular weight is 269 g/mol. The largest absolute Gasteiger partial charge is 0.417 e. The first-order chi connectivity index (χ1) is 8.69. The van der Waals surface area contributed by atoms with E-state index in [2.05, 4.69) is 16.9 Å². The Morgan fingerprint density at radius 3 is 3.00 bits per heavy atom. The molecule has 0 radical (unpaired) electrons. The Bertz CT molecular complexity index is 561. The number of nitrogens with zero attached hydrogens (tertiary/aromatic N) is 1. The smallest absolute Gasteiger partial charge is 0.408 e. The van der Waals surface area contributed by atoms with E-state index < -0.39 is 5.76 Å². The topological polar surface area (TPSA) is 49.2 Å². The highest BCUT2D eigenvalue weighted by atomic mass is 35.5. The summed E-state index contributed by atoms with van der Waals surface area (Å²) >= 11 is 5.66. The van der Waals surface area contributed by atoms with Crippen molar-refractivity contribution in [1.29, 1.82) is 0 Å². The maximum absolute atomic E-state index is 11.0. The second-order valence-electron chi connectivity index (χ2n) is 4.44. The van der Waals surface area contributed by atoms with Gasteiger partial charge in [-0.1, -0.05) is 6.07 Å². The zero-order valence-corrected chi connectivity index (χ0v) is 11.2. The van der Waals surface area contributed by atoms with E-state index in [1.165, 1.54) is 5.56 Å². The summed E-state index contributed by atoms with van der Waals surface area (Å²) in [5.74, 6) is 0.298. The lowest BCUT2D eigenvalue weighted by Gasteiger charge is -2.15. The molecule has 5 heteroatoms. The van der Waals surface area contributed by atoms with Gasteiger partial charge in [0.25, 0.3) is 0 Å². The van der Waals surface area contributed by atoms with Crippen molar-refractivity contribution in [3.8, 4) is 0 Å². The molecule has 0 aliphatic heterocycles. The standard InChI is InChI=1S/C13H17ClN2O2/c1-16(7-2-6-14)8-5-10-3-4-11-12(9-10)18-13(17)15-11/h3-4,9H,2,5-8H2,1H3,(H,15,17). The van der Waals surface area contributed by atoms with Gasteiger partial charge in [0.15, 0.2) is 5.58 Å². The third-order valence-electron chi connectivity index (χ3n) is 2.94. The van der Waals surface area contributed by atoms with Gasteiger partial charge in [0.1, 0.15) is 0 Å². The Kier molecular flexibility index (Phi) is 4.44. The number of halogens is 1. The zero-order valence-electron chi connectivity index (χ0n) is 10.4. The Labute approximate surface area is 111 Å². The summed E-state index contributed by atoms with van der Waals surface area (Å²) in [4.78, 5) is 15.9. The number of aromatic nitrogens is 1. The first kappa shape index (κ1) is 13.2. The molecule has 1 N–H and O–H groups in total. The predicted octanol–water partition coefficient (Wildman–Crippen LogP) is 2.22. The van der Waals surface area contributed by atoms with Gasteiger partial charge in [-0.15, -0.1) is 11.6 Å². The summed E-state index contributed by atoms with van der Waals surface area (Å²) < 4.78 is 5.04. The number of hydrogen-bond donors (Lipinski definition) is 1. The molecule has 0 saturated heterocycles. The van der Waals surface area contributed by atoms with Crippen LogP contribution in [-0.2, 0) is 6.42 Å². The molecule has 0 spiro atoms. The van der Waals surface area contributed by atoms with Crippen molar-refractivity contribution in [3.63, 3.8) is 0 Å². The fraction of sp³-hybridized carbons (Fsp3) is 0.462. The number of oxazole rings is 1. The third kappa shape index (κ3) is 3.37. The normalized spacial score (nSPS) is 11.5. The molecule has 18 heavy (non-hydrogen) atoms. The fourth-order valence-corrected chi connectivity index (χ4v) is 2.03. The van der Waals surface area contributed by atoms with E-state index in [4.69, 9.17) is 16.0 Å². The lowest BCUT2D eigenvalue weighted by molar-refractivity contribution is 0.340. The molecule has 0 fully saturated rings. The molecule has 2 rings (SSSR count). The average Bonchev–Trinajstić information content (AvgIpc) is 2.73. The van der Waals surface area contributed by atoms with Crippen LogP contribution in [0, 0.1) is 0 Å². The molecule has 2 aromatic rings. The zero-order chi connectivity index (χ0) is 13.0. The van der Waals surface area contributed by atoms with E-state index in [0.29, 0.717) is 11.5 Å². The van der Waals surface area contributed by atoms with Crippen molar-refractivity contribution in [1.82, 2.24) is 9.88 Å². The predicted molar refractivity (Wildman–Crippen MR) is 73.4 cm³/mol. The molecule has 0 atom stereocenters. The van der Waals surface area contributed by atoms with Gasteiger partial charge in [0, 0.05) is 12.4 Å². The first-order valence-corrected chi connectivity index (χ1v) is 6.59. The van der Waals surface area contributed by atoms with Crippen molar-refractivity contribution < 1.29 is 4.42 Å². The van der Waals surface area contributed by atoms with Gasteiger partial charge in [-0.25, -0.2) is 4.79 Å². The Morgan fingerprint density at radius 2 is 2.22 bits per heavy atom. The summed E-state index contributed by atoms with van der Waals surface area (Å²) in [6.07, 6.45) is 1.94. The van der Waals surface area contributed by atoms with Crippen molar-refractivity contribution in [2.75, 3.05) is 26.0 Å². The van der Waals surface area contributed by atoms with E-state index in [9.17, 15) is 4.79 Å². The number of benzene rings is 1. The Balaban J connectivity index is 1.97. The minimum Gasteiger partial charge on any atom is -0.408 e. The number of aromatic amines is 1. The molecule has 0 saturated carbocycles. The van der Waals surface area contributed by atoms with Gasteiger partial charge in [0.05, 0.1) is 5.52 Å². The van der Waals surface area contributed by atoms with Crippen LogP contribution in [0.25, 0.3) is 11.1 Å². The maximum Gasteiger partial charge on any atom is 0.417 e. The molecule has 98 valence electrons. The lowest BCUT2D eigenvalue weighted by atomic mass is 10.1. The van der Waals surface area contributed by atoms with Crippen LogP contribution in [0.2, 0.25) is 0 Å². The lowest BCUT2D eigenvalue weighted by Crippen LogP contribution is -2.22. The molecule has 0 bridgehead atoms. The molecular formula is C13H17ClN2O2. The van der Waals surface area contributed by atoms with Gasteiger partial charge in [-0.3, -0.25) is 4.98 Å². The van der Waals surface area contributed by atoms with E-state index in [-0.39, 0.29) is 0 Å².